The van der Waals surface area contributed by atoms with Gasteiger partial charge in [0.1, 0.15) is 0 Å². The highest BCUT2D eigenvalue weighted by Gasteiger charge is 2.53. The molecule has 0 spiro atoms. The Balaban J connectivity index is 1.44. The van der Waals surface area contributed by atoms with Gasteiger partial charge in [0.05, 0.1) is 25.4 Å². The molecule has 5 nitrogen and oxygen atoms in total. The van der Waals surface area contributed by atoms with E-state index in [1.165, 1.54) is 18.9 Å². The third-order valence-corrected chi connectivity index (χ3v) is 5.79. The summed E-state index contributed by atoms with van der Waals surface area (Å²) in [5.74, 6) is 2.18. The predicted molar refractivity (Wildman–Crippen MR) is 98.8 cm³/mol. The van der Waals surface area contributed by atoms with Crippen molar-refractivity contribution in [1.29, 1.82) is 0 Å². The van der Waals surface area contributed by atoms with E-state index < -0.39 is 0 Å². The molecule has 0 aliphatic carbocycles. The van der Waals surface area contributed by atoms with E-state index in [1.54, 1.807) is 6.07 Å². The highest BCUT2D eigenvalue weighted by Crippen LogP contribution is 2.47. The van der Waals surface area contributed by atoms with Crippen molar-refractivity contribution in [2.75, 3.05) is 26.2 Å². The molecule has 3 saturated heterocycles. The highest BCUT2D eigenvalue weighted by atomic mass is 19.1. The molecule has 4 atom stereocenters. The fourth-order valence-corrected chi connectivity index (χ4v) is 4.64. The van der Waals surface area contributed by atoms with Crippen molar-refractivity contribution in [1.82, 2.24) is 10.2 Å². The number of aliphatic imine (C=N–C) groups is 1. The molecule has 0 radical (unpaired) electrons. The van der Waals surface area contributed by atoms with Gasteiger partial charge in [-0.3, -0.25) is 0 Å². The van der Waals surface area contributed by atoms with Crippen LogP contribution in [0.1, 0.15) is 32.3 Å². The molecule has 4 rings (SSSR count). The van der Waals surface area contributed by atoms with Crippen molar-refractivity contribution in [3.8, 4) is 5.75 Å². The molecular weight excluding hydrogens is 333 g/mol. The number of halogens is 1. The summed E-state index contributed by atoms with van der Waals surface area (Å²) in [6.45, 7) is 7.69. The Hall–Kier alpha value is -1.82. The lowest BCUT2D eigenvalue weighted by Crippen LogP contribution is -2.41. The van der Waals surface area contributed by atoms with Crippen LogP contribution in [0.4, 0.5) is 4.39 Å². The Bertz CT molecular complexity index is 663. The number of hydrogen-bond acceptors (Lipinski definition) is 3. The monoisotopic (exact) mass is 361 g/mol. The highest BCUT2D eigenvalue weighted by molar-refractivity contribution is 5.80. The molecule has 4 unspecified atom stereocenters. The second-order valence-corrected chi connectivity index (χ2v) is 7.39. The van der Waals surface area contributed by atoms with E-state index in [9.17, 15) is 4.39 Å². The first kappa shape index (κ1) is 17.6. The number of rotatable bonds is 5. The summed E-state index contributed by atoms with van der Waals surface area (Å²) >= 11 is 0. The maximum Gasteiger partial charge on any atom is 0.194 e. The molecule has 1 aromatic carbocycles. The minimum absolute atomic E-state index is 0.301. The Labute approximate surface area is 154 Å². The largest absolute Gasteiger partial charge is 0.491 e. The minimum atomic E-state index is -0.325. The number of nitrogens with one attached hydrogen (secondary N) is 1. The van der Waals surface area contributed by atoms with Crippen LogP contribution in [0.25, 0.3) is 0 Å². The van der Waals surface area contributed by atoms with Gasteiger partial charge in [0, 0.05) is 31.5 Å². The molecule has 3 fully saturated rings. The molecule has 142 valence electrons. The molecule has 26 heavy (non-hydrogen) atoms. The molecule has 6 heteroatoms. The van der Waals surface area contributed by atoms with E-state index in [0.29, 0.717) is 42.9 Å². The van der Waals surface area contributed by atoms with Gasteiger partial charge in [-0.2, -0.15) is 0 Å². The van der Waals surface area contributed by atoms with Crippen LogP contribution < -0.4 is 10.1 Å². The fraction of sp³-hybridized carbons (Fsp3) is 0.650. The minimum Gasteiger partial charge on any atom is -0.491 e. The lowest BCUT2D eigenvalue weighted by atomic mass is 9.82. The Morgan fingerprint density at radius 3 is 2.62 bits per heavy atom. The van der Waals surface area contributed by atoms with Crippen molar-refractivity contribution in [3.63, 3.8) is 0 Å². The molecule has 1 N–H and O–H groups in total. The average molecular weight is 361 g/mol. The Kier molecular flexibility index (Phi) is 5.02. The number of guanidine groups is 1. The second-order valence-electron chi connectivity index (χ2n) is 7.39. The first-order valence-corrected chi connectivity index (χ1v) is 9.79. The fourth-order valence-electron chi connectivity index (χ4n) is 4.64. The van der Waals surface area contributed by atoms with Crippen LogP contribution in [-0.2, 0) is 11.3 Å². The van der Waals surface area contributed by atoms with Gasteiger partial charge in [-0.25, -0.2) is 9.38 Å². The van der Waals surface area contributed by atoms with Crippen LogP contribution in [0.5, 0.6) is 5.75 Å². The molecular formula is C20H28FN3O2. The topological polar surface area (TPSA) is 46.1 Å². The third-order valence-electron chi connectivity index (χ3n) is 5.79. The van der Waals surface area contributed by atoms with E-state index in [2.05, 4.69) is 17.1 Å². The van der Waals surface area contributed by atoms with Crippen LogP contribution in [0, 0.1) is 17.7 Å². The van der Waals surface area contributed by atoms with E-state index in [4.69, 9.17) is 14.5 Å². The molecule has 0 aromatic heterocycles. The summed E-state index contributed by atoms with van der Waals surface area (Å²) < 4.78 is 25.4. The normalized spacial score (nSPS) is 30.0. The van der Waals surface area contributed by atoms with Crippen LogP contribution in [0.15, 0.2) is 23.2 Å². The molecule has 0 amide bonds. The number of benzene rings is 1. The smallest absolute Gasteiger partial charge is 0.194 e. The zero-order chi connectivity index (χ0) is 18.1. The second kappa shape index (κ2) is 7.43. The number of fused-ring (bicyclic) bond motifs is 5. The zero-order valence-electron chi connectivity index (χ0n) is 15.6. The molecule has 0 saturated carbocycles. The Morgan fingerprint density at radius 2 is 2.00 bits per heavy atom. The van der Waals surface area contributed by atoms with Crippen LogP contribution in [0.3, 0.4) is 0 Å². The van der Waals surface area contributed by atoms with Crippen molar-refractivity contribution >= 4 is 5.96 Å². The lowest BCUT2D eigenvalue weighted by Gasteiger charge is -2.23. The van der Waals surface area contributed by atoms with Gasteiger partial charge in [-0.05, 0) is 44.4 Å². The van der Waals surface area contributed by atoms with E-state index in [-0.39, 0.29) is 5.82 Å². The molecule has 3 heterocycles. The van der Waals surface area contributed by atoms with Gasteiger partial charge in [0.2, 0.25) is 0 Å². The third kappa shape index (κ3) is 3.27. The summed E-state index contributed by atoms with van der Waals surface area (Å²) in [6.07, 6.45) is 3.30. The van der Waals surface area contributed by atoms with Gasteiger partial charge in [0.15, 0.2) is 17.5 Å². The summed E-state index contributed by atoms with van der Waals surface area (Å²) in [5, 5.41) is 3.40. The molecule has 1 aromatic rings. The maximum atomic E-state index is 14.0. The summed E-state index contributed by atoms with van der Waals surface area (Å²) in [5.41, 5.74) is 0.851. The number of ether oxygens (including phenoxy) is 2. The lowest BCUT2D eigenvalue weighted by molar-refractivity contribution is 0.0767. The number of likely N-dealkylation sites (tertiary alicyclic amines) is 1. The maximum absolute atomic E-state index is 14.0. The standard InChI is InChI=1S/C20H28FN3O2/c1-3-22-20(23-10-13-5-6-19(25-4-2)16(21)9-13)24-11-14-15(12-24)18-8-7-17(14)26-18/h5-6,9,14-15,17-18H,3-4,7-8,10-12H2,1-2H3,(H,22,23). The van der Waals surface area contributed by atoms with Gasteiger partial charge >= 0.3 is 0 Å². The van der Waals surface area contributed by atoms with Gasteiger partial charge in [0.25, 0.3) is 0 Å². The zero-order valence-corrected chi connectivity index (χ0v) is 15.6. The van der Waals surface area contributed by atoms with Crippen LogP contribution >= 0.6 is 0 Å². The van der Waals surface area contributed by atoms with Crippen molar-refractivity contribution in [2.45, 2.75) is 45.4 Å². The SMILES string of the molecule is CCNC(=NCc1ccc(OCC)c(F)c1)N1CC2C3CCC(O3)C2C1. The predicted octanol–water partition coefficient (Wildman–Crippen LogP) is 2.80. The molecule has 3 aliphatic rings. The first-order chi connectivity index (χ1) is 12.7. The summed E-state index contributed by atoms with van der Waals surface area (Å²) in [4.78, 5) is 7.12. The van der Waals surface area contributed by atoms with Gasteiger partial charge in [-0.15, -0.1) is 0 Å². The Morgan fingerprint density at radius 1 is 1.27 bits per heavy atom. The van der Waals surface area contributed by atoms with Gasteiger partial charge in [-0.1, -0.05) is 6.07 Å². The average Bonchev–Trinajstić information content (AvgIpc) is 3.33. The van der Waals surface area contributed by atoms with Gasteiger partial charge < -0.3 is 19.7 Å². The van der Waals surface area contributed by atoms with Crippen molar-refractivity contribution < 1.29 is 13.9 Å². The van der Waals surface area contributed by atoms with Crippen molar-refractivity contribution in [2.24, 2.45) is 16.8 Å². The van der Waals surface area contributed by atoms with E-state index in [1.807, 2.05) is 13.0 Å². The van der Waals surface area contributed by atoms with E-state index >= 15 is 0 Å². The summed E-state index contributed by atoms with van der Waals surface area (Å²) in [7, 11) is 0. The molecule has 2 bridgehead atoms. The quantitative estimate of drug-likeness (QED) is 0.647. The van der Waals surface area contributed by atoms with E-state index in [0.717, 1.165) is 31.2 Å². The first-order valence-electron chi connectivity index (χ1n) is 9.79. The number of hydrogen-bond donors (Lipinski definition) is 1. The van der Waals surface area contributed by atoms with Crippen LogP contribution in [-0.4, -0.2) is 49.3 Å². The van der Waals surface area contributed by atoms with Crippen LogP contribution in [0.2, 0.25) is 0 Å². The number of nitrogens with zero attached hydrogens (tertiary/aromatic N) is 2. The van der Waals surface area contributed by atoms with Crippen molar-refractivity contribution in [3.05, 3.63) is 29.6 Å². The summed E-state index contributed by atoms with van der Waals surface area (Å²) in [6, 6.07) is 5.09. The molecule has 3 aliphatic heterocycles.